The molecular formula is C49H34N2O. The summed E-state index contributed by atoms with van der Waals surface area (Å²) in [5.74, 6) is 0.905. The molecule has 0 spiro atoms. The van der Waals surface area contributed by atoms with Gasteiger partial charge in [-0.25, -0.2) is 0 Å². The molecule has 0 radical (unpaired) electrons. The lowest BCUT2D eigenvalue weighted by atomic mass is 9.95. The molecule has 1 atom stereocenters. The first-order chi connectivity index (χ1) is 25.8. The highest BCUT2D eigenvalue weighted by Crippen LogP contribution is 2.49. The van der Waals surface area contributed by atoms with E-state index in [1.807, 2.05) is 6.07 Å². The van der Waals surface area contributed by atoms with Gasteiger partial charge in [-0.05, 0) is 74.8 Å². The summed E-state index contributed by atoms with van der Waals surface area (Å²) in [6, 6.07) is 69.3. The Bertz CT molecular complexity index is 2720. The Labute approximate surface area is 303 Å². The molecule has 0 bridgehead atoms. The van der Waals surface area contributed by atoms with E-state index in [9.17, 15) is 0 Å². The van der Waals surface area contributed by atoms with Crippen LogP contribution in [0.15, 0.2) is 194 Å². The first-order valence-electron chi connectivity index (χ1n) is 17.8. The monoisotopic (exact) mass is 666 g/mol. The fourth-order valence-corrected chi connectivity index (χ4v) is 7.73. The van der Waals surface area contributed by atoms with E-state index < -0.39 is 0 Å². The van der Waals surface area contributed by atoms with E-state index in [4.69, 9.17) is 4.74 Å². The maximum Gasteiger partial charge on any atom is 0.196 e. The van der Waals surface area contributed by atoms with Crippen LogP contribution in [0.2, 0.25) is 0 Å². The van der Waals surface area contributed by atoms with Crippen LogP contribution in [0.1, 0.15) is 11.8 Å². The fourth-order valence-electron chi connectivity index (χ4n) is 7.73. The van der Waals surface area contributed by atoms with Crippen molar-refractivity contribution < 1.29 is 4.74 Å². The molecule has 9 aromatic rings. The van der Waals surface area contributed by atoms with Crippen LogP contribution >= 0.6 is 0 Å². The van der Waals surface area contributed by atoms with Gasteiger partial charge in [-0.3, -0.25) is 0 Å². The van der Waals surface area contributed by atoms with Gasteiger partial charge >= 0.3 is 0 Å². The Morgan fingerprint density at radius 1 is 0.404 bits per heavy atom. The number of ether oxygens (including phenoxy) is 1. The summed E-state index contributed by atoms with van der Waals surface area (Å²) < 4.78 is 6.71. The van der Waals surface area contributed by atoms with Crippen LogP contribution in [0, 0.1) is 0 Å². The zero-order chi connectivity index (χ0) is 34.4. The lowest BCUT2D eigenvalue weighted by Gasteiger charge is -2.27. The van der Waals surface area contributed by atoms with Crippen molar-refractivity contribution in [3.05, 3.63) is 200 Å². The van der Waals surface area contributed by atoms with Crippen molar-refractivity contribution >= 4 is 55.1 Å². The lowest BCUT2D eigenvalue weighted by molar-refractivity contribution is 0.262. The van der Waals surface area contributed by atoms with E-state index in [1.165, 1.54) is 38.1 Å². The van der Waals surface area contributed by atoms with Crippen LogP contribution in [0.25, 0.3) is 54.6 Å². The summed E-state index contributed by atoms with van der Waals surface area (Å²) in [5.41, 5.74) is 10.2. The van der Waals surface area contributed by atoms with Gasteiger partial charge in [0, 0.05) is 33.1 Å². The first-order valence-corrected chi connectivity index (χ1v) is 17.8. The number of hydrogen-bond acceptors (Lipinski definition) is 3. The zero-order valence-corrected chi connectivity index (χ0v) is 28.4. The molecule has 10 rings (SSSR count). The average molecular weight is 667 g/mol. The topological polar surface area (TPSA) is 24.5 Å². The highest BCUT2D eigenvalue weighted by molar-refractivity contribution is 6.18. The number of rotatable bonds is 6. The van der Waals surface area contributed by atoms with Gasteiger partial charge in [0.25, 0.3) is 0 Å². The van der Waals surface area contributed by atoms with Crippen molar-refractivity contribution in [1.82, 2.24) is 0 Å². The standard InChI is InChI=1S/C49H34N2O/c1-3-12-33(13-4-1)34-22-27-39(28-23-34)51(46-21-11-17-36-14-7-8-18-41(36)46)40-29-24-35(25-30-40)38-26-31-43-42-19-9-10-20-44(42)47-48(45(43)32-38)52-49(50-47)37-15-5-2-6-16-37/h1-32,49-50H. The molecule has 0 saturated carbocycles. The van der Waals surface area contributed by atoms with Crippen LogP contribution in [-0.4, -0.2) is 0 Å². The summed E-state index contributed by atoms with van der Waals surface area (Å²) in [6.07, 6.45) is -0.241. The first kappa shape index (κ1) is 30.0. The van der Waals surface area contributed by atoms with Crippen LogP contribution < -0.4 is 15.0 Å². The molecule has 3 nitrogen and oxygen atoms in total. The molecule has 0 amide bonds. The number of fused-ring (bicyclic) bond motifs is 7. The van der Waals surface area contributed by atoms with Crippen LogP contribution in [0.3, 0.4) is 0 Å². The molecule has 52 heavy (non-hydrogen) atoms. The maximum absolute atomic E-state index is 6.71. The second-order valence-electron chi connectivity index (χ2n) is 13.4. The Morgan fingerprint density at radius 2 is 0.942 bits per heavy atom. The van der Waals surface area contributed by atoms with Gasteiger partial charge in [-0.15, -0.1) is 0 Å². The Morgan fingerprint density at radius 3 is 1.67 bits per heavy atom. The molecule has 1 aliphatic rings. The molecule has 246 valence electrons. The summed E-state index contributed by atoms with van der Waals surface area (Å²) in [6.45, 7) is 0. The molecule has 0 aliphatic carbocycles. The molecule has 1 unspecified atom stereocenters. The smallest absolute Gasteiger partial charge is 0.196 e. The predicted molar refractivity (Wildman–Crippen MR) is 218 cm³/mol. The van der Waals surface area contributed by atoms with E-state index in [-0.39, 0.29) is 6.23 Å². The zero-order valence-electron chi connectivity index (χ0n) is 28.4. The van der Waals surface area contributed by atoms with E-state index in [0.29, 0.717) is 0 Å². The fraction of sp³-hybridized carbons (Fsp3) is 0.0204. The van der Waals surface area contributed by atoms with Crippen molar-refractivity contribution in [2.75, 3.05) is 10.2 Å². The molecule has 0 saturated heterocycles. The minimum absolute atomic E-state index is 0.241. The Kier molecular flexibility index (Phi) is 7.21. The number of benzene rings is 9. The molecule has 9 aromatic carbocycles. The highest BCUT2D eigenvalue weighted by Gasteiger charge is 2.28. The second kappa shape index (κ2) is 12.5. The van der Waals surface area contributed by atoms with E-state index >= 15 is 0 Å². The highest BCUT2D eigenvalue weighted by atomic mass is 16.5. The SMILES string of the molecule is c1ccc(-c2ccc(N(c3ccc(-c4ccc5c(c4)c4c(c6ccccc65)NC(c5ccccc5)O4)cc3)c3cccc4ccccc34)cc2)cc1. The van der Waals surface area contributed by atoms with Gasteiger partial charge < -0.3 is 15.0 Å². The van der Waals surface area contributed by atoms with Gasteiger partial charge in [0.2, 0.25) is 0 Å². The molecule has 1 heterocycles. The van der Waals surface area contributed by atoms with Crippen molar-refractivity contribution in [2.45, 2.75) is 6.23 Å². The maximum atomic E-state index is 6.71. The van der Waals surface area contributed by atoms with E-state index in [0.717, 1.165) is 50.6 Å². The number of nitrogens with zero attached hydrogens (tertiary/aromatic N) is 1. The van der Waals surface area contributed by atoms with E-state index in [1.54, 1.807) is 0 Å². The quantitative estimate of drug-likeness (QED) is 0.179. The summed E-state index contributed by atoms with van der Waals surface area (Å²) in [4.78, 5) is 2.36. The van der Waals surface area contributed by atoms with Crippen molar-refractivity contribution in [2.24, 2.45) is 0 Å². The van der Waals surface area contributed by atoms with Gasteiger partial charge in [0.1, 0.15) is 0 Å². The number of hydrogen-bond donors (Lipinski definition) is 1. The number of nitrogens with one attached hydrogen (secondary N) is 1. The Hall–Kier alpha value is -6.84. The summed E-state index contributed by atoms with van der Waals surface area (Å²) in [5, 5.41) is 10.8. The molecular weight excluding hydrogens is 633 g/mol. The van der Waals surface area contributed by atoms with Crippen molar-refractivity contribution in [1.29, 1.82) is 0 Å². The molecule has 0 fully saturated rings. The average Bonchev–Trinajstić information content (AvgIpc) is 3.69. The third kappa shape index (κ3) is 5.14. The summed E-state index contributed by atoms with van der Waals surface area (Å²) in [7, 11) is 0. The minimum atomic E-state index is -0.241. The largest absolute Gasteiger partial charge is 0.464 e. The van der Waals surface area contributed by atoms with Crippen LogP contribution in [-0.2, 0) is 0 Å². The van der Waals surface area contributed by atoms with Gasteiger partial charge in [0.15, 0.2) is 12.0 Å². The normalized spacial score (nSPS) is 13.5. The van der Waals surface area contributed by atoms with E-state index in [2.05, 4.69) is 198 Å². The van der Waals surface area contributed by atoms with Crippen molar-refractivity contribution in [3.8, 4) is 28.0 Å². The summed E-state index contributed by atoms with van der Waals surface area (Å²) >= 11 is 0. The molecule has 1 N–H and O–H groups in total. The van der Waals surface area contributed by atoms with Crippen LogP contribution in [0.5, 0.6) is 5.75 Å². The molecule has 1 aliphatic heterocycles. The third-order valence-electron chi connectivity index (χ3n) is 10.3. The Balaban J connectivity index is 1.06. The van der Waals surface area contributed by atoms with Gasteiger partial charge in [0.05, 0.1) is 11.4 Å². The van der Waals surface area contributed by atoms with Crippen molar-refractivity contribution in [3.63, 3.8) is 0 Å². The lowest BCUT2D eigenvalue weighted by Crippen LogP contribution is -2.10. The molecule has 3 heteroatoms. The molecule has 0 aromatic heterocycles. The predicted octanol–water partition coefficient (Wildman–Crippen LogP) is 13.5. The third-order valence-corrected chi connectivity index (χ3v) is 10.3. The van der Waals surface area contributed by atoms with Gasteiger partial charge in [-0.2, -0.15) is 0 Å². The minimum Gasteiger partial charge on any atom is -0.464 e. The van der Waals surface area contributed by atoms with Crippen LogP contribution in [0.4, 0.5) is 22.7 Å². The number of anilines is 4. The second-order valence-corrected chi connectivity index (χ2v) is 13.4. The van der Waals surface area contributed by atoms with Gasteiger partial charge in [-0.1, -0.05) is 158 Å².